The molecule has 30 heavy (non-hydrogen) atoms. The van der Waals surface area contributed by atoms with E-state index in [2.05, 4.69) is 24.4 Å². The lowest BCUT2D eigenvalue weighted by molar-refractivity contribution is -0.116. The maximum Gasteiger partial charge on any atom is 0.257 e. The third-order valence-electron chi connectivity index (χ3n) is 5.24. The Morgan fingerprint density at radius 2 is 1.87 bits per heavy atom. The summed E-state index contributed by atoms with van der Waals surface area (Å²) in [5.74, 6) is 5.52. The molecule has 1 atom stereocenters. The zero-order valence-corrected chi connectivity index (χ0v) is 17.6. The molecule has 0 saturated carbocycles. The maximum atomic E-state index is 12.3. The molecule has 1 unspecified atom stereocenters. The van der Waals surface area contributed by atoms with Crippen molar-refractivity contribution >= 4 is 17.4 Å². The van der Waals surface area contributed by atoms with Crippen molar-refractivity contribution in [3.63, 3.8) is 0 Å². The fourth-order valence-electron chi connectivity index (χ4n) is 3.49. The van der Waals surface area contributed by atoms with Gasteiger partial charge in [-0.25, -0.2) is 5.84 Å². The molecule has 2 aromatic carbocycles. The summed E-state index contributed by atoms with van der Waals surface area (Å²) in [5, 5.41) is 15.2. The van der Waals surface area contributed by atoms with Gasteiger partial charge in [0.05, 0.1) is 12.0 Å². The Balaban J connectivity index is 1.85. The van der Waals surface area contributed by atoms with E-state index in [-0.39, 0.29) is 41.2 Å². The van der Waals surface area contributed by atoms with Crippen molar-refractivity contribution < 1.29 is 14.7 Å². The zero-order chi connectivity index (χ0) is 21.8. The van der Waals surface area contributed by atoms with E-state index in [9.17, 15) is 14.7 Å². The number of phenolic OH excluding ortho intramolecular Hbond substituents is 1. The average molecular weight is 409 g/mol. The molecule has 3 rings (SSSR count). The highest BCUT2D eigenvalue weighted by molar-refractivity contribution is 6.07. The summed E-state index contributed by atoms with van der Waals surface area (Å²) in [6, 6.07) is 15.0. The van der Waals surface area contributed by atoms with Crippen LogP contribution in [0.25, 0.3) is 0 Å². The molecule has 0 aromatic heterocycles. The Bertz CT molecular complexity index is 970. The number of anilines is 1. The first kappa shape index (κ1) is 21.4. The van der Waals surface area contributed by atoms with Crippen molar-refractivity contribution in [3.05, 3.63) is 71.1 Å². The van der Waals surface area contributed by atoms with Crippen LogP contribution in [0.3, 0.4) is 0 Å². The number of amides is 1. The van der Waals surface area contributed by atoms with Gasteiger partial charge >= 0.3 is 0 Å². The number of hydrogen-bond donors (Lipinski definition) is 3. The Hall–Kier alpha value is -3.32. The van der Waals surface area contributed by atoms with E-state index >= 15 is 0 Å². The van der Waals surface area contributed by atoms with Crippen molar-refractivity contribution in [2.45, 2.75) is 32.2 Å². The number of aromatic hydroxyl groups is 1. The summed E-state index contributed by atoms with van der Waals surface area (Å²) in [6.07, 6.45) is 1.97. The van der Waals surface area contributed by atoms with Gasteiger partial charge in [0.1, 0.15) is 11.4 Å². The van der Waals surface area contributed by atoms with Crippen molar-refractivity contribution in [2.75, 3.05) is 19.1 Å². The Morgan fingerprint density at radius 1 is 1.17 bits per heavy atom. The summed E-state index contributed by atoms with van der Waals surface area (Å²) >= 11 is 0. The molecular weight excluding hydrogens is 380 g/mol. The topological polar surface area (TPSA) is 98.9 Å². The van der Waals surface area contributed by atoms with Gasteiger partial charge in [0, 0.05) is 25.8 Å². The Labute approximate surface area is 176 Å². The molecule has 0 saturated heterocycles. The fraction of sp³-hybridized carbons (Fsp3) is 0.304. The van der Waals surface area contributed by atoms with Gasteiger partial charge in [-0.2, -0.15) is 0 Å². The van der Waals surface area contributed by atoms with E-state index in [0.29, 0.717) is 5.70 Å². The van der Waals surface area contributed by atoms with Gasteiger partial charge in [-0.05, 0) is 30.5 Å². The van der Waals surface area contributed by atoms with E-state index in [1.807, 2.05) is 18.2 Å². The first-order valence-corrected chi connectivity index (χ1v) is 9.98. The largest absolute Gasteiger partial charge is 0.505 e. The van der Waals surface area contributed by atoms with Gasteiger partial charge in [-0.1, -0.05) is 43.3 Å². The normalized spacial score (nSPS) is 14.2. The summed E-state index contributed by atoms with van der Waals surface area (Å²) in [4.78, 5) is 26.0. The van der Waals surface area contributed by atoms with Crippen molar-refractivity contribution in [2.24, 2.45) is 5.84 Å². The number of nitrogens with zero attached hydrogens (tertiary/aromatic N) is 2. The second-order valence-electron chi connectivity index (χ2n) is 7.61. The third kappa shape index (κ3) is 4.31. The molecule has 0 bridgehead atoms. The summed E-state index contributed by atoms with van der Waals surface area (Å²) in [7, 11) is 3.21. The van der Waals surface area contributed by atoms with Crippen LogP contribution >= 0.6 is 0 Å². The number of rotatable bonds is 8. The highest BCUT2D eigenvalue weighted by Gasteiger charge is 2.34. The molecule has 0 aliphatic heterocycles. The number of nitrogens with one attached hydrogen (secondary N) is 1. The van der Waals surface area contributed by atoms with Crippen LogP contribution in [-0.2, 0) is 11.2 Å². The molecule has 1 aliphatic carbocycles. The molecule has 7 heteroatoms. The molecular formula is C23H28N4O3. The molecule has 0 fully saturated rings. The highest BCUT2D eigenvalue weighted by atomic mass is 16.3. The number of carbonyl (C=O) groups excluding carboxylic acids is 2. The Morgan fingerprint density at radius 3 is 2.47 bits per heavy atom. The number of benzene rings is 2. The van der Waals surface area contributed by atoms with Gasteiger partial charge in [0.15, 0.2) is 11.5 Å². The van der Waals surface area contributed by atoms with E-state index in [0.717, 1.165) is 18.5 Å². The van der Waals surface area contributed by atoms with E-state index < -0.39 is 0 Å². The van der Waals surface area contributed by atoms with Crippen LogP contribution in [0.4, 0.5) is 5.69 Å². The van der Waals surface area contributed by atoms with Gasteiger partial charge in [0.25, 0.3) is 5.91 Å². The van der Waals surface area contributed by atoms with Crippen LogP contribution < -0.4 is 16.2 Å². The first-order valence-electron chi connectivity index (χ1n) is 9.98. The van der Waals surface area contributed by atoms with Crippen LogP contribution in [0.1, 0.15) is 35.7 Å². The number of nitrogens with two attached hydrogens (primary N) is 1. The van der Waals surface area contributed by atoms with Crippen LogP contribution in [0.2, 0.25) is 0 Å². The Kier molecular flexibility index (Phi) is 6.42. The number of ketones is 1. The van der Waals surface area contributed by atoms with E-state index in [1.165, 1.54) is 21.5 Å². The number of phenols is 1. The molecule has 7 nitrogen and oxygen atoms in total. The van der Waals surface area contributed by atoms with E-state index in [1.54, 1.807) is 26.2 Å². The molecule has 158 valence electrons. The molecule has 1 amide bonds. The standard InChI is InChI=1S/C23H28N4O3/c1-4-16(13-15-9-6-5-7-10-15)25-18-14-20(28)21(18)27(24)19-12-8-11-17(22(19)29)23(30)26(2)3/h5-12,16,25,29H,4,13-14,24H2,1-3H3. The average Bonchev–Trinajstić information content (AvgIpc) is 2.72. The smallest absolute Gasteiger partial charge is 0.257 e. The minimum absolute atomic E-state index is 0.113. The fourth-order valence-corrected chi connectivity index (χ4v) is 3.49. The third-order valence-corrected chi connectivity index (χ3v) is 5.24. The number of carbonyl (C=O) groups is 2. The molecule has 1 aliphatic rings. The number of Topliss-reactive ketones (excluding diaryl/α,β-unsaturated/α-hetero) is 1. The lowest BCUT2D eigenvalue weighted by atomic mass is 9.95. The van der Waals surface area contributed by atoms with Crippen LogP contribution in [0.5, 0.6) is 5.75 Å². The van der Waals surface area contributed by atoms with Gasteiger partial charge in [0.2, 0.25) is 0 Å². The predicted octanol–water partition coefficient (Wildman–Crippen LogP) is 2.57. The molecule has 0 radical (unpaired) electrons. The monoisotopic (exact) mass is 408 g/mol. The maximum absolute atomic E-state index is 12.3. The van der Waals surface area contributed by atoms with Crippen molar-refractivity contribution in [1.82, 2.24) is 10.2 Å². The zero-order valence-electron chi connectivity index (χ0n) is 17.6. The first-order chi connectivity index (χ1) is 14.3. The molecule has 0 spiro atoms. The van der Waals surface area contributed by atoms with Crippen LogP contribution in [0, 0.1) is 0 Å². The number of hydrogen-bond acceptors (Lipinski definition) is 6. The SMILES string of the molecule is CCC(Cc1ccccc1)NC1=C(N(N)c2cccc(C(=O)N(C)C)c2O)C(=O)C1. The van der Waals surface area contributed by atoms with Gasteiger partial charge in [-0.15, -0.1) is 0 Å². The van der Waals surface area contributed by atoms with Crippen molar-refractivity contribution in [1.29, 1.82) is 0 Å². The second-order valence-corrected chi connectivity index (χ2v) is 7.61. The molecule has 0 heterocycles. The molecule has 4 N–H and O–H groups in total. The van der Waals surface area contributed by atoms with Crippen LogP contribution in [0.15, 0.2) is 59.9 Å². The number of para-hydroxylation sites is 1. The quantitative estimate of drug-likeness (QED) is 0.459. The van der Waals surface area contributed by atoms with Gasteiger partial charge < -0.3 is 15.3 Å². The van der Waals surface area contributed by atoms with Gasteiger partial charge in [-0.3, -0.25) is 14.6 Å². The number of allylic oxidation sites excluding steroid dienone is 2. The summed E-state index contributed by atoms with van der Waals surface area (Å²) in [6.45, 7) is 2.09. The lowest BCUT2D eigenvalue weighted by Gasteiger charge is -2.33. The van der Waals surface area contributed by atoms with E-state index in [4.69, 9.17) is 5.84 Å². The predicted molar refractivity (Wildman–Crippen MR) is 117 cm³/mol. The minimum atomic E-state index is -0.344. The highest BCUT2D eigenvalue weighted by Crippen LogP contribution is 2.35. The second kappa shape index (κ2) is 9.00. The van der Waals surface area contributed by atoms with Crippen LogP contribution in [-0.4, -0.2) is 41.8 Å². The summed E-state index contributed by atoms with van der Waals surface area (Å²) in [5.41, 5.74) is 2.61. The number of hydrazine groups is 1. The lowest BCUT2D eigenvalue weighted by Crippen LogP contribution is -2.45. The van der Waals surface area contributed by atoms with Crippen molar-refractivity contribution in [3.8, 4) is 5.75 Å². The molecule has 2 aromatic rings. The summed E-state index contributed by atoms with van der Waals surface area (Å²) < 4.78 is 0. The minimum Gasteiger partial charge on any atom is -0.505 e.